The van der Waals surface area contributed by atoms with Gasteiger partial charge in [-0.1, -0.05) is 43.7 Å². The van der Waals surface area contributed by atoms with E-state index in [-0.39, 0.29) is 5.91 Å². The van der Waals surface area contributed by atoms with E-state index in [4.69, 9.17) is 4.74 Å². The fourth-order valence-electron chi connectivity index (χ4n) is 2.93. The molecule has 2 rings (SSSR count). The third-order valence-corrected chi connectivity index (χ3v) is 4.34. The lowest BCUT2D eigenvalue weighted by atomic mass is 9.97. The van der Waals surface area contributed by atoms with Gasteiger partial charge in [0.05, 0.1) is 0 Å². The first-order valence-corrected chi connectivity index (χ1v) is 8.79. The van der Waals surface area contributed by atoms with Crippen molar-refractivity contribution in [3.05, 3.63) is 41.5 Å². The summed E-state index contributed by atoms with van der Waals surface area (Å²) in [5.41, 5.74) is 2.62. The second kappa shape index (κ2) is 8.76. The molecular formula is C20H29NO2. The largest absolute Gasteiger partial charge is 0.481 e. The summed E-state index contributed by atoms with van der Waals surface area (Å²) in [6.45, 7) is 6.77. The Bertz CT molecular complexity index is 548. The quantitative estimate of drug-likeness (QED) is 0.748. The first-order chi connectivity index (χ1) is 11.1. The van der Waals surface area contributed by atoms with Crippen LogP contribution in [0.3, 0.4) is 0 Å². The van der Waals surface area contributed by atoms with Gasteiger partial charge in [-0.15, -0.1) is 0 Å². The summed E-state index contributed by atoms with van der Waals surface area (Å²) in [6, 6.07) is 7.94. The van der Waals surface area contributed by atoms with Crippen LogP contribution in [0.15, 0.2) is 35.9 Å². The Morgan fingerprint density at radius 2 is 2.00 bits per heavy atom. The summed E-state index contributed by atoms with van der Waals surface area (Å²) >= 11 is 0. The Labute approximate surface area is 140 Å². The fourth-order valence-corrected chi connectivity index (χ4v) is 2.93. The highest BCUT2D eigenvalue weighted by molar-refractivity contribution is 5.80. The number of rotatable bonds is 7. The normalized spacial score (nSPS) is 15.9. The van der Waals surface area contributed by atoms with Gasteiger partial charge in [-0.3, -0.25) is 4.79 Å². The fraction of sp³-hybridized carbons (Fsp3) is 0.550. The molecule has 0 radical (unpaired) electrons. The van der Waals surface area contributed by atoms with Gasteiger partial charge in [0.25, 0.3) is 5.91 Å². The Balaban J connectivity index is 1.82. The Morgan fingerprint density at radius 1 is 1.22 bits per heavy atom. The molecule has 1 amide bonds. The van der Waals surface area contributed by atoms with Gasteiger partial charge >= 0.3 is 0 Å². The molecule has 0 fully saturated rings. The van der Waals surface area contributed by atoms with Crippen molar-refractivity contribution in [2.75, 3.05) is 6.54 Å². The van der Waals surface area contributed by atoms with Crippen LogP contribution < -0.4 is 10.1 Å². The van der Waals surface area contributed by atoms with Crippen molar-refractivity contribution in [3.8, 4) is 5.75 Å². The predicted molar refractivity (Wildman–Crippen MR) is 94.8 cm³/mol. The number of para-hydroxylation sites is 1. The first-order valence-electron chi connectivity index (χ1n) is 8.79. The summed E-state index contributed by atoms with van der Waals surface area (Å²) in [5.74, 6) is 1.14. The third kappa shape index (κ3) is 5.42. The molecule has 1 N–H and O–H groups in total. The molecule has 23 heavy (non-hydrogen) atoms. The molecule has 126 valence electrons. The van der Waals surface area contributed by atoms with Crippen molar-refractivity contribution in [3.63, 3.8) is 0 Å². The van der Waals surface area contributed by atoms with Gasteiger partial charge in [-0.2, -0.15) is 0 Å². The van der Waals surface area contributed by atoms with E-state index in [1.807, 2.05) is 25.1 Å². The summed E-state index contributed by atoms with van der Waals surface area (Å²) in [4.78, 5) is 12.2. The van der Waals surface area contributed by atoms with Gasteiger partial charge in [-0.25, -0.2) is 0 Å². The second-order valence-electron chi connectivity index (χ2n) is 6.60. The minimum Gasteiger partial charge on any atom is -0.481 e. The van der Waals surface area contributed by atoms with Gasteiger partial charge in [-0.05, 0) is 56.6 Å². The maximum atomic E-state index is 12.2. The van der Waals surface area contributed by atoms with Crippen LogP contribution in [0.25, 0.3) is 0 Å². The molecule has 1 aliphatic rings. The molecule has 0 aliphatic heterocycles. The molecule has 1 aromatic rings. The number of carbonyl (C=O) groups excluding carboxylic acids is 1. The average Bonchev–Trinajstić information content (AvgIpc) is 2.56. The average molecular weight is 315 g/mol. The summed E-state index contributed by atoms with van der Waals surface area (Å²) < 4.78 is 5.88. The maximum absolute atomic E-state index is 12.2. The van der Waals surface area contributed by atoms with Crippen LogP contribution in [-0.2, 0) is 4.79 Å². The molecule has 0 heterocycles. The molecule has 0 unspecified atom stereocenters. The molecule has 0 spiro atoms. The lowest BCUT2D eigenvalue weighted by Crippen LogP contribution is -2.37. The van der Waals surface area contributed by atoms with E-state index >= 15 is 0 Å². The van der Waals surface area contributed by atoms with E-state index in [1.165, 1.54) is 31.3 Å². The predicted octanol–water partition coefficient (Wildman–Crippen LogP) is 4.58. The number of hydrogen-bond acceptors (Lipinski definition) is 2. The molecule has 1 atom stereocenters. The van der Waals surface area contributed by atoms with Gasteiger partial charge in [0.15, 0.2) is 6.10 Å². The molecule has 3 heteroatoms. The van der Waals surface area contributed by atoms with E-state index in [1.54, 1.807) is 0 Å². The Hall–Kier alpha value is -1.77. The zero-order valence-corrected chi connectivity index (χ0v) is 14.6. The molecule has 0 saturated heterocycles. The topological polar surface area (TPSA) is 38.3 Å². The van der Waals surface area contributed by atoms with Crippen LogP contribution in [-0.4, -0.2) is 18.6 Å². The third-order valence-electron chi connectivity index (χ3n) is 4.34. The van der Waals surface area contributed by atoms with Crippen molar-refractivity contribution >= 4 is 5.91 Å². The molecule has 3 nitrogen and oxygen atoms in total. The van der Waals surface area contributed by atoms with E-state index in [9.17, 15) is 4.79 Å². The zero-order chi connectivity index (χ0) is 16.7. The summed E-state index contributed by atoms with van der Waals surface area (Å²) in [5, 5.41) is 2.99. The van der Waals surface area contributed by atoms with Gasteiger partial charge in [0.2, 0.25) is 0 Å². The van der Waals surface area contributed by atoms with Crippen LogP contribution >= 0.6 is 0 Å². The molecule has 0 bridgehead atoms. The molecule has 0 saturated carbocycles. The van der Waals surface area contributed by atoms with E-state index in [0.29, 0.717) is 12.5 Å². The second-order valence-corrected chi connectivity index (χ2v) is 6.60. The van der Waals surface area contributed by atoms with Crippen molar-refractivity contribution in [1.29, 1.82) is 0 Å². The van der Waals surface area contributed by atoms with E-state index in [2.05, 4.69) is 31.3 Å². The van der Waals surface area contributed by atoms with Crippen LogP contribution in [0.1, 0.15) is 64.4 Å². The standard InChI is InChI=1S/C20H29NO2/c1-15(2)18-11-7-8-12-19(18)23-16(3)20(22)21-14-13-17-9-5-4-6-10-17/h7-9,11-12,15-16H,4-6,10,13-14H2,1-3H3,(H,21,22)/t16-/m1/s1. The highest BCUT2D eigenvalue weighted by atomic mass is 16.5. The number of allylic oxidation sites excluding steroid dienone is 1. The van der Waals surface area contributed by atoms with Gasteiger partial charge < -0.3 is 10.1 Å². The zero-order valence-electron chi connectivity index (χ0n) is 14.6. The van der Waals surface area contributed by atoms with Crippen LogP contribution in [0, 0.1) is 0 Å². The number of amides is 1. The highest BCUT2D eigenvalue weighted by Crippen LogP contribution is 2.26. The lowest BCUT2D eigenvalue weighted by Gasteiger charge is -2.19. The van der Waals surface area contributed by atoms with E-state index < -0.39 is 6.10 Å². The summed E-state index contributed by atoms with van der Waals surface area (Å²) in [7, 11) is 0. The number of ether oxygens (including phenoxy) is 1. The van der Waals surface area contributed by atoms with Crippen molar-refractivity contribution < 1.29 is 9.53 Å². The lowest BCUT2D eigenvalue weighted by molar-refractivity contribution is -0.127. The van der Waals surface area contributed by atoms with Crippen LogP contribution in [0.5, 0.6) is 5.75 Å². The highest BCUT2D eigenvalue weighted by Gasteiger charge is 2.17. The van der Waals surface area contributed by atoms with Crippen molar-refractivity contribution in [2.45, 2.75) is 64.9 Å². The number of hydrogen-bond donors (Lipinski definition) is 1. The van der Waals surface area contributed by atoms with Crippen molar-refractivity contribution in [2.24, 2.45) is 0 Å². The molecule has 1 aromatic carbocycles. The monoisotopic (exact) mass is 315 g/mol. The Kier molecular flexibility index (Phi) is 6.69. The minimum absolute atomic E-state index is 0.0417. The smallest absolute Gasteiger partial charge is 0.260 e. The molecule has 0 aromatic heterocycles. The molecular weight excluding hydrogens is 286 g/mol. The summed E-state index contributed by atoms with van der Waals surface area (Å²) in [6.07, 6.45) is 7.77. The Morgan fingerprint density at radius 3 is 2.70 bits per heavy atom. The SMILES string of the molecule is CC(C)c1ccccc1O[C@H](C)C(=O)NCCC1=CCCCC1. The van der Waals surface area contributed by atoms with Gasteiger partial charge in [0.1, 0.15) is 5.75 Å². The first kappa shape index (κ1) is 17.6. The van der Waals surface area contributed by atoms with Gasteiger partial charge in [0, 0.05) is 6.54 Å². The van der Waals surface area contributed by atoms with Crippen molar-refractivity contribution in [1.82, 2.24) is 5.32 Å². The van der Waals surface area contributed by atoms with Crippen LogP contribution in [0.2, 0.25) is 0 Å². The minimum atomic E-state index is -0.477. The number of carbonyl (C=O) groups is 1. The molecule has 1 aliphatic carbocycles. The number of nitrogens with one attached hydrogen (secondary N) is 1. The van der Waals surface area contributed by atoms with E-state index in [0.717, 1.165) is 17.7 Å². The number of benzene rings is 1. The van der Waals surface area contributed by atoms with Crippen LogP contribution in [0.4, 0.5) is 0 Å². The maximum Gasteiger partial charge on any atom is 0.260 e.